The lowest BCUT2D eigenvalue weighted by molar-refractivity contribution is -0.137. The SMILES string of the molecule is CCCNC(=O)c1cc(-c2cccc(C(F)(F)F)c2)n(CC)n1. The third-order valence-corrected chi connectivity index (χ3v) is 3.33. The summed E-state index contributed by atoms with van der Waals surface area (Å²) in [5.74, 6) is -0.327. The highest BCUT2D eigenvalue weighted by molar-refractivity contribution is 5.93. The number of alkyl halides is 3. The van der Waals surface area contributed by atoms with Gasteiger partial charge >= 0.3 is 6.18 Å². The standard InChI is InChI=1S/C16H18F3N3O/c1-3-8-20-15(23)13-10-14(22(4-2)21-13)11-6-5-7-12(9-11)16(17,18)19/h5-7,9-10H,3-4,8H2,1-2H3,(H,20,23). The molecule has 0 fully saturated rings. The van der Waals surface area contributed by atoms with E-state index in [2.05, 4.69) is 10.4 Å². The van der Waals surface area contributed by atoms with Crippen LogP contribution in [-0.4, -0.2) is 22.2 Å². The molecule has 0 unspecified atom stereocenters. The van der Waals surface area contributed by atoms with Crippen molar-refractivity contribution in [3.8, 4) is 11.3 Å². The van der Waals surface area contributed by atoms with Crippen LogP contribution in [0.15, 0.2) is 30.3 Å². The monoisotopic (exact) mass is 325 g/mol. The molecular weight excluding hydrogens is 307 g/mol. The van der Waals surface area contributed by atoms with E-state index in [1.54, 1.807) is 6.07 Å². The Kier molecular flexibility index (Phi) is 5.08. The molecule has 7 heteroatoms. The molecule has 0 radical (unpaired) electrons. The summed E-state index contributed by atoms with van der Waals surface area (Å²) in [5.41, 5.74) is 0.340. The molecule has 2 rings (SSSR count). The van der Waals surface area contributed by atoms with E-state index in [0.29, 0.717) is 24.3 Å². The first kappa shape index (κ1) is 17.1. The summed E-state index contributed by atoms with van der Waals surface area (Å²) in [7, 11) is 0. The topological polar surface area (TPSA) is 46.9 Å². The van der Waals surface area contributed by atoms with E-state index in [1.807, 2.05) is 13.8 Å². The number of aryl methyl sites for hydroxylation is 1. The van der Waals surface area contributed by atoms with Crippen LogP contribution in [0.1, 0.15) is 36.3 Å². The number of benzene rings is 1. The first-order chi connectivity index (χ1) is 10.9. The van der Waals surface area contributed by atoms with Gasteiger partial charge in [-0.1, -0.05) is 19.1 Å². The van der Waals surface area contributed by atoms with Gasteiger partial charge in [0.1, 0.15) is 0 Å². The average molecular weight is 325 g/mol. The first-order valence-corrected chi connectivity index (χ1v) is 7.40. The Labute approximate surface area is 132 Å². The molecule has 0 bridgehead atoms. The number of halogens is 3. The van der Waals surface area contributed by atoms with Crippen molar-refractivity contribution >= 4 is 5.91 Å². The van der Waals surface area contributed by atoms with Gasteiger partial charge in [-0.05, 0) is 31.5 Å². The molecule has 124 valence electrons. The molecule has 1 aromatic carbocycles. The smallest absolute Gasteiger partial charge is 0.351 e. The Hall–Kier alpha value is -2.31. The maximum absolute atomic E-state index is 12.9. The molecule has 1 N–H and O–H groups in total. The van der Waals surface area contributed by atoms with Crippen molar-refractivity contribution in [3.05, 3.63) is 41.6 Å². The summed E-state index contributed by atoms with van der Waals surface area (Å²) in [6, 6.07) is 6.53. The number of carbonyl (C=O) groups excluding carboxylic acids is 1. The average Bonchev–Trinajstić information content (AvgIpc) is 2.96. The summed E-state index contributed by atoms with van der Waals surface area (Å²) >= 11 is 0. The van der Waals surface area contributed by atoms with E-state index in [0.717, 1.165) is 18.6 Å². The van der Waals surface area contributed by atoms with E-state index in [1.165, 1.54) is 16.8 Å². The molecule has 1 heterocycles. The third-order valence-electron chi connectivity index (χ3n) is 3.33. The largest absolute Gasteiger partial charge is 0.416 e. The molecule has 1 amide bonds. The van der Waals surface area contributed by atoms with Gasteiger partial charge < -0.3 is 5.32 Å². The normalized spacial score (nSPS) is 11.5. The van der Waals surface area contributed by atoms with Gasteiger partial charge in [-0.25, -0.2) is 0 Å². The predicted octanol–water partition coefficient (Wildman–Crippen LogP) is 3.73. The third kappa shape index (κ3) is 3.91. The van der Waals surface area contributed by atoms with E-state index in [-0.39, 0.29) is 11.6 Å². The summed E-state index contributed by atoms with van der Waals surface area (Å²) in [6.07, 6.45) is -3.62. The number of nitrogens with one attached hydrogen (secondary N) is 1. The van der Waals surface area contributed by atoms with Gasteiger partial charge in [0.05, 0.1) is 11.3 Å². The van der Waals surface area contributed by atoms with E-state index < -0.39 is 11.7 Å². The quantitative estimate of drug-likeness (QED) is 0.910. The van der Waals surface area contributed by atoms with E-state index in [9.17, 15) is 18.0 Å². The van der Waals surface area contributed by atoms with Crippen LogP contribution in [0.2, 0.25) is 0 Å². The van der Waals surface area contributed by atoms with Crippen LogP contribution in [0, 0.1) is 0 Å². The van der Waals surface area contributed by atoms with Crippen LogP contribution in [0.4, 0.5) is 13.2 Å². The number of hydrogen-bond donors (Lipinski definition) is 1. The van der Waals surface area contributed by atoms with Crippen molar-refractivity contribution in [1.29, 1.82) is 0 Å². The highest BCUT2D eigenvalue weighted by atomic mass is 19.4. The molecular formula is C16H18F3N3O. The van der Waals surface area contributed by atoms with Crippen LogP contribution in [0.5, 0.6) is 0 Å². The van der Waals surface area contributed by atoms with Crippen molar-refractivity contribution < 1.29 is 18.0 Å². The van der Waals surface area contributed by atoms with Gasteiger partial charge in [0.25, 0.3) is 5.91 Å². The molecule has 0 aliphatic heterocycles. The van der Waals surface area contributed by atoms with Crippen LogP contribution in [0.25, 0.3) is 11.3 Å². The van der Waals surface area contributed by atoms with Crippen molar-refractivity contribution in [2.45, 2.75) is 33.0 Å². The van der Waals surface area contributed by atoms with Crippen LogP contribution >= 0.6 is 0 Å². The summed E-state index contributed by atoms with van der Waals surface area (Å²) in [5, 5.41) is 6.88. The Morgan fingerprint density at radius 1 is 1.26 bits per heavy atom. The number of amides is 1. The molecule has 0 aliphatic carbocycles. The number of rotatable bonds is 5. The molecule has 4 nitrogen and oxygen atoms in total. The maximum Gasteiger partial charge on any atom is 0.416 e. The van der Waals surface area contributed by atoms with Gasteiger partial charge in [-0.2, -0.15) is 18.3 Å². The van der Waals surface area contributed by atoms with Gasteiger partial charge in [-0.3, -0.25) is 9.48 Å². The van der Waals surface area contributed by atoms with E-state index in [4.69, 9.17) is 0 Å². The minimum Gasteiger partial charge on any atom is -0.351 e. The molecule has 23 heavy (non-hydrogen) atoms. The Balaban J connectivity index is 2.39. The highest BCUT2D eigenvalue weighted by Crippen LogP contribution is 2.32. The second-order valence-corrected chi connectivity index (χ2v) is 5.07. The minimum absolute atomic E-state index is 0.202. The molecule has 0 saturated heterocycles. The van der Waals surface area contributed by atoms with E-state index >= 15 is 0 Å². The van der Waals surface area contributed by atoms with Gasteiger partial charge in [0, 0.05) is 18.7 Å². The Morgan fingerprint density at radius 3 is 2.61 bits per heavy atom. The highest BCUT2D eigenvalue weighted by Gasteiger charge is 2.30. The second kappa shape index (κ2) is 6.85. The van der Waals surface area contributed by atoms with Gasteiger partial charge in [0.15, 0.2) is 5.69 Å². The van der Waals surface area contributed by atoms with Gasteiger partial charge in [0.2, 0.25) is 0 Å². The zero-order valence-electron chi connectivity index (χ0n) is 12.9. The maximum atomic E-state index is 12.9. The van der Waals surface area contributed by atoms with Gasteiger partial charge in [-0.15, -0.1) is 0 Å². The lowest BCUT2D eigenvalue weighted by Crippen LogP contribution is -2.24. The van der Waals surface area contributed by atoms with Crippen molar-refractivity contribution in [2.75, 3.05) is 6.54 Å². The number of carbonyl (C=O) groups is 1. The zero-order chi connectivity index (χ0) is 17.0. The van der Waals surface area contributed by atoms with Crippen molar-refractivity contribution in [3.63, 3.8) is 0 Å². The molecule has 0 spiro atoms. The van der Waals surface area contributed by atoms with Crippen LogP contribution in [0.3, 0.4) is 0 Å². The lowest BCUT2D eigenvalue weighted by atomic mass is 10.1. The summed E-state index contributed by atoms with van der Waals surface area (Å²) in [4.78, 5) is 12.0. The fourth-order valence-corrected chi connectivity index (χ4v) is 2.19. The molecule has 0 aliphatic rings. The second-order valence-electron chi connectivity index (χ2n) is 5.07. The number of hydrogen-bond acceptors (Lipinski definition) is 2. The Morgan fingerprint density at radius 2 is 2.00 bits per heavy atom. The number of aromatic nitrogens is 2. The molecule has 2 aromatic rings. The zero-order valence-corrected chi connectivity index (χ0v) is 12.9. The first-order valence-electron chi connectivity index (χ1n) is 7.40. The fourth-order valence-electron chi connectivity index (χ4n) is 2.19. The minimum atomic E-state index is -4.41. The lowest BCUT2D eigenvalue weighted by Gasteiger charge is -2.09. The Bertz CT molecular complexity index is 692. The van der Waals surface area contributed by atoms with Crippen LogP contribution in [-0.2, 0) is 12.7 Å². The molecule has 0 atom stereocenters. The summed E-state index contributed by atoms with van der Waals surface area (Å²) < 4.78 is 40.1. The van der Waals surface area contributed by atoms with Crippen molar-refractivity contribution in [1.82, 2.24) is 15.1 Å². The number of nitrogens with zero attached hydrogens (tertiary/aromatic N) is 2. The fraction of sp³-hybridized carbons (Fsp3) is 0.375. The van der Waals surface area contributed by atoms with Crippen molar-refractivity contribution in [2.24, 2.45) is 0 Å². The molecule has 0 saturated carbocycles. The summed E-state index contributed by atoms with van der Waals surface area (Å²) in [6.45, 7) is 4.72. The van der Waals surface area contributed by atoms with Crippen LogP contribution < -0.4 is 5.32 Å². The molecule has 1 aromatic heterocycles. The predicted molar refractivity (Wildman–Crippen MR) is 81.0 cm³/mol.